The average Bonchev–Trinajstić information content (AvgIpc) is 2.86. The highest BCUT2D eigenvalue weighted by molar-refractivity contribution is 9.10. The summed E-state index contributed by atoms with van der Waals surface area (Å²) in [5.41, 5.74) is 7.44. The van der Waals surface area contributed by atoms with Gasteiger partial charge >= 0.3 is 0 Å². The fraction of sp³-hybridized carbons (Fsp3) is 0.357. The van der Waals surface area contributed by atoms with Gasteiger partial charge in [-0.15, -0.1) is 0 Å². The van der Waals surface area contributed by atoms with Gasteiger partial charge in [-0.2, -0.15) is 0 Å². The Morgan fingerprint density at radius 3 is 2.85 bits per heavy atom. The normalized spacial score (nSPS) is 10.8. The van der Waals surface area contributed by atoms with Crippen LogP contribution < -0.4 is 10.5 Å². The first-order valence-corrected chi connectivity index (χ1v) is 7.07. The van der Waals surface area contributed by atoms with E-state index in [-0.39, 0.29) is 0 Å². The third-order valence-corrected chi connectivity index (χ3v) is 3.32. The second-order valence-electron chi connectivity index (χ2n) is 4.31. The Hall–Kier alpha value is -1.37. The number of nitrogens with two attached hydrogens (primary N) is 1. The highest BCUT2D eigenvalue weighted by atomic mass is 79.9. The molecule has 0 aliphatic rings. The molecule has 2 rings (SSSR count). The van der Waals surface area contributed by atoms with Gasteiger partial charge in [-0.1, -0.05) is 11.2 Å². The minimum atomic E-state index is 0.349. The van der Waals surface area contributed by atoms with Crippen molar-refractivity contribution in [2.24, 2.45) is 5.73 Å². The minimum Gasteiger partial charge on any atom is -0.486 e. The maximum atomic E-state index is 5.71. The molecule has 1 aromatic carbocycles. The summed E-state index contributed by atoms with van der Waals surface area (Å²) in [5, 5.41) is 3.91. The van der Waals surface area contributed by atoms with Gasteiger partial charge in [0.1, 0.15) is 24.7 Å². The van der Waals surface area contributed by atoms with Crippen LogP contribution in [-0.4, -0.2) is 18.8 Å². The van der Waals surface area contributed by atoms with E-state index in [1.165, 1.54) is 5.56 Å². The monoisotopic (exact) mass is 340 g/mol. The zero-order valence-corrected chi connectivity index (χ0v) is 12.9. The highest BCUT2D eigenvalue weighted by Crippen LogP contribution is 2.27. The number of ether oxygens (including phenoxy) is 2. The number of hydrogen-bond acceptors (Lipinski definition) is 5. The summed E-state index contributed by atoms with van der Waals surface area (Å²) in [5.74, 6) is 1.45. The smallest absolute Gasteiger partial charge is 0.162 e. The van der Waals surface area contributed by atoms with Crippen LogP contribution in [0.5, 0.6) is 5.75 Å². The Morgan fingerprint density at radius 2 is 2.15 bits per heavy atom. The van der Waals surface area contributed by atoms with Crippen molar-refractivity contribution >= 4 is 15.9 Å². The molecule has 0 spiro atoms. The van der Waals surface area contributed by atoms with Crippen LogP contribution in [-0.2, 0) is 24.4 Å². The molecule has 20 heavy (non-hydrogen) atoms. The van der Waals surface area contributed by atoms with Crippen LogP contribution in [0, 0.1) is 0 Å². The fourth-order valence-corrected chi connectivity index (χ4v) is 2.31. The summed E-state index contributed by atoms with van der Waals surface area (Å²) >= 11 is 3.49. The lowest BCUT2D eigenvalue weighted by Crippen LogP contribution is -2.03. The number of nitrogens with zero attached hydrogens (tertiary/aromatic N) is 1. The fourth-order valence-electron chi connectivity index (χ4n) is 1.77. The lowest BCUT2D eigenvalue weighted by atomic mass is 10.1. The first-order valence-electron chi connectivity index (χ1n) is 6.27. The van der Waals surface area contributed by atoms with Crippen LogP contribution >= 0.6 is 15.9 Å². The van der Waals surface area contributed by atoms with Crippen LogP contribution in [0.4, 0.5) is 0 Å². The largest absolute Gasteiger partial charge is 0.486 e. The molecule has 2 aromatic rings. The number of benzene rings is 1. The molecule has 1 aromatic heterocycles. The molecule has 0 radical (unpaired) electrons. The summed E-state index contributed by atoms with van der Waals surface area (Å²) in [4.78, 5) is 0. The standard InChI is InChI=1S/C14H17BrN2O3/c1-18-9-12-7-11(17-20-12)8-19-14-3-2-10(4-5-16)6-13(14)15/h2-3,6-7H,4-5,8-9,16H2,1H3. The van der Waals surface area contributed by atoms with E-state index in [1.807, 2.05) is 24.3 Å². The Balaban J connectivity index is 1.95. The van der Waals surface area contributed by atoms with E-state index >= 15 is 0 Å². The molecule has 0 aliphatic heterocycles. The maximum Gasteiger partial charge on any atom is 0.162 e. The lowest BCUT2D eigenvalue weighted by Gasteiger charge is -2.08. The van der Waals surface area contributed by atoms with Gasteiger partial charge in [-0.05, 0) is 46.6 Å². The van der Waals surface area contributed by atoms with Crippen LogP contribution in [0.25, 0.3) is 0 Å². The molecule has 2 N–H and O–H groups in total. The molecule has 1 heterocycles. The van der Waals surface area contributed by atoms with Gasteiger partial charge in [0.2, 0.25) is 0 Å². The topological polar surface area (TPSA) is 70.5 Å². The van der Waals surface area contributed by atoms with E-state index in [2.05, 4.69) is 21.1 Å². The second-order valence-corrected chi connectivity index (χ2v) is 5.16. The predicted molar refractivity (Wildman–Crippen MR) is 78.4 cm³/mol. The second kappa shape index (κ2) is 7.42. The molecule has 0 fully saturated rings. The molecular weight excluding hydrogens is 324 g/mol. The van der Waals surface area contributed by atoms with Crippen molar-refractivity contribution in [3.8, 4) is 5.75 Å². The molecule has 0 saturated heterocycles. The summed E-state index contributed by atoms with van der Waals surface area (Å²) in [6.07, 6.45) is 0.850. The zero-order chi connectivity index (χ0) is 14.4. The first-order chi connectivity index (χ1) is 9.72. The number of aromatic nitrogens is 1. The molecule has 0 unspecified atom stereocenters. The van der Waals surface area contributed by atoms with Crippen molar-refractivity contribution in [2.75, 3.05) is 13.7 Å². The van der Waals surface area contributed by atoms with E-state index in [0.29, 0.717) is 25.5 Å². The molecule has 0 atom stereocenters. The summed E-state index contributed by atoms with van der Waals surface area (Å²) < 4.78 is 16.7. The minimum absolute atomic E-state index is 0.349. The van der Waals surface area contributed by atoms with Gasteiger partial charge in [0.15, 0.2) is 5.76 Å². The quantitative estimate of drug-likeness (QED) is 0.838. The van der Waals surface area contributed by atoms with Gasteiger partial charge in [-0.3, -0.25) is 0 Å². The van der Waals surface area contributed by atoms with E-state index in [1.54, 1.807) is 7.11 Å². The predicted octanol–water partition coefficient (Wildman–Crippen LogP) is 2.66. The summed E-state index contributed by atoms with van der Waals surface area (Å²) in [6.45, 7) is 1.39. The van der Waals surface area contributed by atoms with Gasteiger partial charge in [0, 0.05) is 13.2 Å². The Kier molecular flexibility index (Phi) is 5.58. The third kappa shape index (κ3) is 4.06. The molecule has 5 nitrogen and oxygen atoms in total. The number of halogens is 1. The molecule has 0 amide bonds. The number of methoxy groups -OCH3 is 1. The summed E-state index contributed by atoms with van der Waals surface area (Å²) in [7, 11) is 1.61. The number of rotatable bonds is 7. The van der Waals surface area contributed by atoms with Crippen LogP contribution in [0.2, 0.25) is 0 Å². The van der Waals surface area contributed by atoms with Crippen molar-refractivity contribution in [2.45, 2.75) is 19.6 Å². The lowest BCUT2D eigenvalue weighted by molar-refractivity contribution is 0.155. The Morgan fingerprint density at radius 1 is 1.30 bits per heavy atom. The van der Waals surface area contributed by atoms with Crippen LogP contribution in [0.15, 0.2) is 33.3 Å². The first kappa shape index (κ1) is 15.0. The molecule has 6 heteroatoms. The molecule has 108 valence electrons. The van der Waals surface area contributed by atoms with Crippen molar-refractivity contribution in [3.05, 3.63) is 45.8 Å². The van der Waals surface area contributed by atoms with Gasteiger partial charge in [0.25, 0.3) is 0 Å². The van der Waals surface area contributed by atoms with E-state index < -0.39 is 0 Å². The average molecular weight is 341 g/mol. The van der Waals surface area contributed by atoms with E-state index in [4.69, 9.17) is 19.7 Å². The molecule has 0 aliphatic carbocycles. The van der Waals surface area contributed by atoms with E-state index in [0.717, 1.165) is 22.3 Å². The Labute approximate surface area is 126 Å². The van der Waals surface area contributed by atoms with Gasteiger partial charge < -0.3 is 19.7 Å². The van der Waals surface area contributed by atoms with Crippen molar-refractivity contribution in [1.82, 2.24) is 5.16 Å². The summed E-state index contributed by atoms with van der Waals surface area (Å²) in [6, 6.07) is 7.76. The molecule has 0 saturated carbocycles. The number of hydrogen-bond donors (Lipinski definition) is 1. The van der Waals surface area contributed by atoms with Crippen molar-refractivity contribution < 1.29 is 14.0 Å². The highest BCUT2D eigenvalue weighted by Gasteiger charge is 2.07. The zero-order valence-electron chi connectivity index (χ0n) is 11.3. The SMILES string of the molecule is COCc1cc(COc2ccc(CCN)cc2Br)no1. The molecule has 0 bridgehead atoms. The molecular formula is C14H17BrN2O3. The van der Waals surface area contributed by atoms with Crippen LogP contribution in [0.1, 0.15) is 17.0 Å². The van der Waals surface area contributed by atoms with Crippen LogP contribution in [0.3, 0.4) is 0 Å². The third-order valence-electron chi connectivity index (χ3n) is 2.70. The van der Waals surface area contributed by atoms with Gasteiger partial charge in [0.05, 0.1) is 4.47 Å². The maximum absolute atomic E-state index is 5.71. The van der Waals surface area contributed by atoms with E-state index in [9.17, 15) is 0 Å². The van der Waals surface area contributed by atoms with Crippen molar-refractivity contribution in [1.29, 1.82) is 0 Å². The van der Waals surface area contributed by atoms with Gasteiger partial charge in [-0.25, -0.2) is 0 Å². The van der Waals surface area contributed by atoms with Crippen molar-refractivity contribution in [3.63, 3.8) is 0 Å². The Bertz CT molecular complexity index is 557.